The van der Waals surface area contributed by atoms with E-state index in [0.29, 0.717) is 6.04 Å². The molecule has 1 N–H and O–H groups in total. The van der Waals surface area contributed by atoms with Gasteiger partial charge in [0.2, 0.25) is 0 Å². The van der Waals surface area contributed by atoms with Gasteiger partial charge in [-0.15, -0.1) is 5.10 Å². The van der Waals surface area contributed by atoms with E-state index in [2.05, 4.69) is 34.7 Å². The second kappa shape index (κ2) is 4.96. The Hall–Kier alpha value is -0.970. The summed E-state index contributed by atoms with van der Waals surface area (Å²) in [6.45, 7) is 6.07. The van der Waals surface area contributed by atoms with E-state index in [4.69, 9.17) is 0 Å². The minimum Gasteiger partial charge on any atom is -0.308 e. The minimum absolute atomic E-state index is 0.470. The van der Waals surface area contributed by atoms with Crippen molar-refractivity contribution in [3.8, 4) is 0 Å². The van der Waals surface area contributed by atoms with Gasteiger partial charge in [-0.3, -0.25) is 0 Å². The fraction of sp³-hybridized carbons (Fsp3) is 0.923. The van der Waals surface area contributed by atoms with E-state index >= 15 is 0 Å². The van der Waals surface area contributed by atoms with Crippen molar-refractivity contribution in [1.82, 2.24) is 25.5 Å². The van der Waals surface area contributed by atoms with Gasteiger partial charge < -0.3 is 5.32 Å². The number of fused-ring (bicyclic) bond motifs is 2. The molecule has 3 unspecified atom stereocenters. The van der Waals surface area contributed by atoms with Gasteiger partial charge in [0, 0.05) is 12.6 Å². The summed E-state index contributed by atoms with van der Waals surface area (Å²) >= 11 is 0. The van der Waals surface area contributed by atoms with E-state index < -0.39 is 0 Å². The number of hydrogen-bond donors (Lipinski definition) is 1. The van der Waals surface area contributed by atoms with Crippen molar-refractivity contribution in [2.24, 2.45) is 17.8 Å². The van der Waals surface area contributed by atoms with E-state index in [9.17, 15) is 0 Å². The van der Waals surface area contributed by atoms with Crippen molar-refractivity contribution in [1.29, 1.82) is 0 Å². The first kappa shape index (κ1) is 12.1. The molecular weight excluding hydrogens is 226 g/mol. The summed E-state index contributed by atoms with van der Waals surface area (Å²) in [5.74, 6) is 3.72. The van der Waals surface area contributed by atoms with E-state index in [-0.39, 0.29) is 0 Å². The van der Waals surface area contributed by atoms with Crippen LogP contribution in [-0.2, 0) is 13.1 Å². The summed E-state index contributed by atoms with van der Waals surface area (Å²) in [5.41, 5.74) is 0. The number of aromatic nitrogens is 4. The van der Waals surface area contributed by atoms with Gasteiger partial charge in [-0.25, -0.2) is 4.68 Å². The monoisotopic (exact) mass is 249 g/mol. The van der Waals surface area contributed by atoms with Crippen LogP contribution in [0.25, 0.3) is 0 Å². The van der Waals surface area contributed by atoms with Crippen LogP contribution in [0.2, 0.25) is 0 Å². The van der Waals surface area contributed by atoms with Crippen molar-refractivity contribution in [3.63, 3.8) is 0 Å². The highest BCUT2D eigenvalue weighted by atomic mass is 15.5. The Balaban J connectivity index is 1.61. The third kappa shape index (κ3) is 2.41. The zero-order chi connectivity index (χ0) is 12.5. The van der Waals surface area contributed by atoms with E-state index in [1.54, 1.807) is 0 Å². The third-order valence-electron chi connectivity index (χ3n) is 4.57. The molecule has 2 aliphatic rings. The maximum Gasteiger partial charge on any atom is 0.165 e. The molecule has 0 radical (unpaired) electrons. The molecular formula is C13H23N5. The topological polar surface area (TPSA) is 55.6 Å². The SMILES string of the molecule is CC(C)NCc1nnnn1CC1CC2CCC1C2. The molecule has 18 heavy (non-hydrogen) atoms. The molecule has 2 fully saturated rings. The molecule has 0 aromatic carbocycles. The van der Waals surface area contributed by atoms with Crippen LogP contribution in [0.15, 0.2) is 0 Å². The molecule has 100 valence electrons. The van der Waals surface area contributed by atoms with Crippen LogP contribution < -0.4 is 5.32 Å². The van der Waals surface area contributed by atoms with Crippen molar-refractivity contribution in [3.05, 3.63) is 5.82 Å². The van der Waals surface area contributed by atoms with Crippen molar-refractivity contribution in [2.45, 2.75) is 58.7 Å². The zero-order valence-corrected chi connectivity index (χ0v) is 11.3. The van der Waals surface area contributed by atoms with Crippen LogP contribution >= 0.6 is 0 Å². The van der Waals surface area contributed by atoms with Crippen molar-refractivity contribution < 1.29 is 0 Å². The van der Waals surface area contributed by atoms with Gasteiger partial charge in [0.05, 0.1) is 6.54 Å². The highest BCUT2D eigenvalue weighted by Gasteiger charge is 2.39. The lowest BCUT2D eigenvalue weighted by atomic mass is 9.89. The summed E-state index contributed by atoms with van der Waals surface area (Å²) in [6.07, 6.45) is 5.73. The van der Waals surface area contributed by atoms with Gasteiger partial charge >= 0.3 is 0 Å². The fourth-order valence-corrected chi connectivity index (χ4v) is 3.61. The predicted molar refractivity (Wildman–Crippen MR) is 68.7 cm³/mol. The number of nitrogens with one attached hydrogen (secondary N) is 1. The third-order valence-corrected chi connectivity index (χ3v) is 4.57. The van der Waals surface area contributed by atoms with Gasteiger partial charge in [0.25, 0.3) is 0 Å². The maximum absolute atomic E-state index is 4.16. The molecule has 2 aliphatic carbocycles. The molecule has 2 bridgehead atoms. The lowest BCUT2D eigenvalue weighted by Crippen LogP contribution is -2.26. The van der Waals surface area contributed by atoms with Gasteiger partial charge in [-0.1, -0.05) is 20.3 Å². The lowest BCUT2D eigenvalue weighted by Gasteiger charge is -2.21. The maximum atomic E-state index is 4.16. The number of rotatable bonds is 5. The summed E-state index contributed by atoms with van der Waals surface area (Å²) in [6, 6.07) is 0.470. The Kier molecular flexibility index (Phi) is 3.33. The standard InChI is InChI=1S/C13H23N5/c1-9(2)14-7-13-15-16-17-18(13)8-12-6-10-3-4-11(12)5-10/h9-12,14H,3-8H2,1-2H3. The second-order valence-corrected chi connectivity index (χ2v) is 6.25. The first-order valence-electron chi connectivity index (χ1n) is 7.20. The molecule has 1 aromatic rings. The summed E-state index contributed by atoms with van der Waals surface area (Å²) in [4.78, 5) is 0. The van der Waals surface area contributed by atoms with Gasteiger partial charge in [-0.2, -0.15) is 0 Å². The van der Waals surface area contributed by atoms with Crippen LogP contribution in [0.3, 0.4) is 0 Å². The molecule has 3 rings (SSSR count). The predicted octanol–water partition coefficient (Wildman–Crippen LogP) is 1.61. The molecule has 1 heterocycles. The minimum atomic E-state index is 0.470. The van der Waals surface area contributed by atoms with E-state index in [1.807, 2.05) is 4.68 Å². The van der Waals surface area contributed by atoms with Gasteiger partial charge in [0.15, 0.2) is 5.82 Å². The number of hydrogen-bond acceptors (Lipinski definition) is 4. The fourth-order valence-electron chi connectivity index (χ4n) is 3.61. The Bertz CT molecular complexity index is 400. The molecule has 5 heteroatoms. The summed E-state index contributed by atoms with van der Waals surface area (Å²) < 4.78 is 2.01. The Labute approximate surface area is 108 Å². The largest absolute Gasteiger partial charge is 0.308 e. The Morgan fingerprint density at radius 1 is 1.33 bits per heavy atom. The van der Waals surface area contributed by atoms with Crippen LogP contribution in [0, 0.1) is 17.8 Å². The zero-order valence-electron chi connectivity index (χ0n) is 11.3. The smallest absolute Gasteiger partial charge is 0.165 e. The van der Waals surface area contributed by atoms with Gasteiger partial charge in [0.1, 0.15) is 0 Å². The van der Waals surface area contributed by atoms with Crippen molar-refractivity contribution >= 4 is 0 Å². The molecule has 0 spiro atoms. The second-order valence-electron chi connectivity index (χ2n) is 6.25. The van der Waals surface area contributed by atoms with Crippen LogP contribution in [0.4, 0.5) is 0 Å². The highest BCUT2D eigenvalue weighted by molar-refractivity contribution is 4.91. The molecule has 0 aliphatic heterocycles. The van der Waals surface area contributed by atoms with Crippen molar-refractivity contribution in [2.75, 3.05) is 0 Å². The molecule has 0 amide bonds. The van der Waals surface area contributed by atoms with Crippen LogP contribution in [0.5, 0.6) is 0 Å². The summed E-state index contributed by atoms with van der Waals surface area (Å²) in [7, 11) is 0. The quantitative estimate of drug-likeness (QED) is 0.861. The number of nitrogens with zero attached hydrogens (tertiary/aromatic N) is 4. The highest BCUT2D eigenvalue weighted by Crippen LogP contribution is 2.48. The Morgan fingerprint density at radius 3 is 2.89 bits per heavy atom. The molecule has 5 nitrogen and oxygen atoms in total. The number of tetrazole rings is 1. The molecule has 0 saturated heterocycles. The first-order valence-corrected chi connectivity index (χ1v) is 7.20. The average Bonchev–Trinajstić information content (AvgIpc) is 3.02. The summed E-state index contributed by atoms with van der Waals surface area (Å²) in [5, 5.41) is 15.5. The molecule has 3 atom stereocenters. The lowest BCUT2D eigenvalue weighted by molar-refractivity contribution is 0.279. The van der Waals surface area contributed by atoms with E-state index in [1.165, 1.54) is 25.7 Å². The average molecular weight is 249 g/mol. The first-order chi connectivity index (χ1) is 8.72. The molecule has 2 saturated carbocycles. The Morgan fingerprint density at radius 2 is 2.22 bits per heavy atom. The van der Waals surface area contributed by atoms with Gasteiger partial charge in [-0.05, 0) is 47.4 Å². The van der Waals surface area contributed by atoms with E-state index in [0.717, 1.165) is 36.7 Å². The van der Waals surface area contributed by atoms with Crippen LogP contribution in [0.1, 0.15) is 45.4 Å². The molecule has 1 aromatic heterocycles. The normalized spacial score (nSPS) is 30.5. The van der Waals surface area contributed by atoms with Crippen LogP contribution in [-0.4, -0.2) is 26.2 Å².